The molecule has 0 bridgehead atoms. The summed E-state index contributed by atoms with van der Waals surface area (Å²) >= 11 is 1.57. The van der Waals surface area contributed by atoms with Crippen molar-refractivity contribution >= 4 is 21.6 Å². The standard InChI is InChI=1S/C14H12N2OS/c1-8-11-13(17)15-9(2)16-14(11)18-12(8)10-6-4-3-5-7-10/h3-7H,1-2H3,(H,15,16,17). The van der Waals surface area contributed by atoms with Gasteiger partial charge in [-0.15, -0.1) is 11.3 Å². The van der Waals surface area contributed by atoms with Crippen LogP contribution >= 0.6 is 11.3 Å². The molecule has 3 aromatic rings. The molecule has 0 saturated carbocycles. The first-order chi connectivity index (χ1) is 8.66. The fourth-order valence-electron chi connectivity index (χ4n) is 2.12. The lowest BCUT2D eigenvalue weighted by Crippen LogP contribution is -2.08. The van der Waals surface area contributed by atoms with Crippen molar-refractivity contribution in [3.63, 3.8) is 0 Å². The number of benzene rings is 1. The molecule has 3 nitrogen and oxygen atoms in total. The molecule has 0 aliphatic carbocycles. The van der Waals surface area contributed by atoms with Gasteiger partial charge in [-0.1, -0.05) is 30.3 Å². The zero-order valence-corrected chi connectivity index (χ0v) is 11.0. The summed E-state index contributed by atoms with van der Waals surface area (Å²) in [6, 6.07) is 10.1. The van der Waals surface area contributed by atoms with E-state index in [2.05, 4.69) is 22.1 Å². The summed E-state index contributed by atoms with van der Waals surface area (Å²) in [5.41, 5.74) is 2.10. The third-order valence-electron chi connectivity index (χ3n) is 2.95. The smallest absolute Gasteiger partial charge is 0.259 e. The number of thiophene rings is 1. The maximum atomic E-state index is 12.0. The monoisotopic (exact) mass is 256 g/mol. The second kappa shape index (κ2) is 4.07. The van der Waals surface area contributed by atoms with Gasteiger partial charge in [-0.05, 0) is 25.0 Å². The van der Waals surface area contributed by atoms with Crippen LogP contribution in [0.1, 0.15) is 11.4 Å². The SMILES string of the molecule is Cc1nc2sc(-c3ccccc3)c(C)c2c(=O)[nH]1. The van der Waals surface area contributed by atoms with Crippen molar-refractivity contribution in [3.8, 4) is 10.4 Å². The molecule has 0 radical (unpaired) electrons. The Morgan fingerprint density at radius 1 is 1.17 bits per heavy atom. The van der Waals surface area contributed by atoms with Gasteiger partial charge in [-0.3, -0.25) is 4.79 Å². The second-order valence-electron chi connectivity index (χ2n) is 4.25. The average Bonchev–Trinajstić information content (AvgIpc) is 2.67. The van der Waals surface area contributed by atoms with E-state index in [0.29, 0.717) is 11.2 Å². The Balaban J connectivity index is 2.37. The maximum Gasteiger partial charge on any atom is 0.259 e. The number of rotatable bonds is 1. The summed E-state index contributed by atoms with van der Waals surface area (Å²) in [5, 5.41) is 0.712. The summed E-state index contributed by atoms with van der Waals surface area (Å²) in [6.45, 7) is 3.78. The molecule has 0 spiro atoms. The topological polar surface area (TPSA) is 45.8 Å². The predicted molar refractivity (Wildman–Crippen MR) is 75.2 cm³/mol. The van der Waals surface area contributed by atoms with Crippen molar-refractivity contribution in [1.29, 1.82) is 0 Å². The van der Waals surface area contributed by atoms with Gasteiger partial charge < -0.3 is 4.98 Å². The number of nitrogens with one attached hydrogen (secondary N) is 1. The highest BCUT2D eigenvalue weighted by molar-refractivity contribution is 7.22. The molecule has 0 atom stereocenters. The lowest BCUT2D eigenvalue weighted by molar-refractivity contribution is 1.06. The van der Waals surface area contributed by atoms with Crippen LogP contribution in [0.15, 0.2) is 35.1 Å². The predicted octanol–water partition coefficient (Wildman–Crippen LogP) is 3.27. The first-order valence-corrected chi connectivity index (χ1v) is 6.54. The van der Waals surface area contributed by atoms with Crippen LogP contribution < -0.4 is 5.56 Å². The van der Waals surface area contributed by atoms with Gasteiger partial charge in [0.25, 0.3) is 5.56 Å². The minimum atomic E-state index is -0.0477. The fourth-order valence-corrected chi connectivity index (χ4v) is 3.35. The lowest BCUT2D eigenvalue weighted by atomic mass is 10.1. The van der Waals surface area contributed by atoms with Gasteiger partial charge in [-0.25, -0.2) is 4.98 Å². The average molecular weight is 256 g/mol. The van der Waals surface area contributed by atoms with Crippen LogP contribution in [0.25, 0.3) is 20.7 Å². The van der Waals surface area contributed by atoms with Gasteiger partial charge >= 0.3 is 0 Å². The molecule has 90 valence electrons. The van der Waals surface area contributed by atoms with E-state index >= 15 is 0 Å². The number of hydrogen-bond acceptors (Lipinski definition) is 3. The first-order valence-electron chi connectivity index (χ1n) is 5.72. The van der Waals surface area contributed by atoms with Crippen molar-refractivity contribution in [2.24, 2.45) is 0 Å². The Kier molecular flexibility index (Phi) is 2.52. The zero-order chi connectivity index (χ0) is 12.7. The molecule has 2 aromatic heterocycles. The van der Waals surface area contributed by atoms with Gasteiger partial charge in [0.15, 0.2) is 0 Å². The number of aromatic nitrogens is 2. The molecular weight excluding hydrogens is 244 g/mol. The normalized spacial score (nSPS) is 11.0. The van der Waals surface area contributed by atoms with E-state index in [1.807, 2.05) is 25.1 Å². The van der Waals surface area contributed by atoms with Crippen LogP contribution in [-0.4, -0.2) is 9.97 Å². The summed E-state index contributed by atoms with van der Waals surface area (Å²) in [7, 11) is 0. The molecule has 0 amide bonds. The van der Waals surface area contributed by atoms with Crippen LogP contribution in [0.3, 0.4) is 0 Å². The Hall–Kier alpha value is -1.94. The van der Waals surface area contributed by atoms with Gasteiger partial charge in [0.05, 0.1) is 5.39 Å². The van der Waals surface area contributed by atoms with Crippen LogP contribution in [-0.2, 0) is 0 Å². The number of aromatic amines is 1. The summed E-state index contributed by atoms with van der Waals surface area (Å²) in [5.74, 6) is 0.661. The molecule has 1 N–H and O–H groups in total. The van der Waals surface area contributed by atoms with Crippen molar-refractivity contribution in [2.75, 3.05) is 0 Å². The summed E-state index contributed by atoms with van der Waals surface area (Å²) in [4.78, 5) is 21.1. The third-order valence-corrected chi connectivity index (χ3v) is 4.19. The number of nitrogens with zero attached hydrogens (tertiary/aromatic N) is 1. The molecule has 1 aromatic carbocycles. The van der Waals surface area contributed by atoms with E-state index in [4.69, 9.17) is 0 Å². The van der Waals surface area contributed by atoms with E-state index in [-0.39, 0.29) is 5.56 Å². The highest BCUT2D eigenvalue weighted by Gasteiger charge is 2.14. The highest BCUT2D eigenvalue weighted by atomic mass is 32.1. The molecule has 0 unspecified atom stereocenters. The summed E-state index contributed by atoms with van der Waals surface area (Å²) in [6.07, 6.45) is 0. The van der Waals surface area contributed by atoms with E-state index in [0.717, 1.165) is 20.8 Å². The Labute approximate surface area is 108 Å². The first kappa shape index (κ1) is 11.2. The molecule has 0 fully saturated rings. The van der Waals surface area contributed by atoms with Crippen LogP contribution in [0.5, 0.6) is 0 Å². The highest BCUT2D eigenvalue weighted by Crippen LogP contribution is 2.35. The minimum absolute atomic E-state index is 0.0477. The number of hydrogen-bond donors (Lipinski definition) is 1. The van der Waals surface area contributed by atoms with Gasteiger partial charge in [0.1, 0.15) is 10.7 Å². The van der Waals surface area contributed by atoms with E-state index in [1.165, 1.54) is 0 Å². The van der Waals surface area contributed by atoms with Gasteiger partial charge in [0.2, 0.25) is 0 Å². The lowest BCUT2D eigenvalue weighted by Gasteiger charge is -1.98. The Morgan fingerprint density at radius 2 is 1.89 bits per heavy atom. The third kappa shape index (κ3) is 1.66. The van der Waals surface area contributed by atoms with Crippen LogP contribution in [0.2, 0.25) is 0 Å². The van der Waals surface area contributed by atoms with Crippen LogP contribution in [0.4, 0.5) is 0 Å². The Morgan fingerprint density at radius 3 is 2.61 bits per heavy atom. The zero-order valence-electron chi connectivity index (χ0n) is 10.2. The molecule has 0 saturated heterocycles. The van der Waals surface area contributed by atoms with Gasteiger partial charge in [0, 0.05) is 4.88 Å². The summed E-state index contributed by atoms with van der Waals surface area (Å²) < 4.78 is 0. The molecule has 0 aliphatic heterocycles. The van der Waals surface area contributed by atoms with Crippen molar-refractivity contribution in [1.82, 2.24) is 9.97 Å². The number of H-pyrrole nitrogens is 1. The van der Waals surface area contributed by atoms with E-state index in [1.54, 1.807) is 18.3 Å². The van der Waals surface area contributed by atoms with Gasteiger partial charge in [-0.2, -0.15) is 0 Å². The minimum Gasteiger partial charge on any atom is -0.310 e. The fraction of sp³-hybridized carbons (Fsp3) is 0.143. The Bertz CT molecular complexity index is 772. The molecule has 18 heavy (non-hydrogen) atoms. The number of fused-ring (bicyclic) bond motifs is 1. The number of aryl methyl sites for hydroxylation is 2. The van der Waals surface area contributed by atoms with Crippen molar-refractivity contribution in [3.05, 3.63) is 52.1 Å². The molecule has 2 heterocycles. The van der Waals surface area contributed by atoms with E-state index < -0.39 is 0 Å². The molecule has 0 aliphatic rings. The van der Waals surface area contributed by atoms with E-state index in [9.17, 15) is 4.79 Å². The second-order valence-corrected chi connectivity index (χ2v) is 5.25. The molecule has 4 heteroatoms. The van der Waals surface area contributed by atoms with Crippen LogP contribution in [0, 0.1) is 13.8 Å². The van der Waals surface area contributed by atoms with Crippen molar-refractivity contribution < 1.29 is 0 Å². The maximum absolute atomic E-state index is 12.0. The van der Waals surface area contributed by atoms with Crippen molar-refractivity contribution in [2.45, 2.75) is 13.8 Å². The molecular formula is C14H12N2OS. The quantitative estimate of drug-likeness (QED) is 0.726. The molecule has 3 rings (SSSR count). The largest absolute Gasteiger partial charge is 0.310 e.